The molecule has 0 aliphatic heterocycles. The predicted molar refractivity (Wildman–Crippen MR) is 104 cm³/mol. The molecule has 6 heteroatoms. The maximum atomic E-state index is 13.4. The van der Waals surface area contributed by atoms with Crippen LogP contribution in [0.15, 0.2) is 54.7 Å². The van der Waals surface area contributed by atoms with E-state index in [1.54, 1.807) is 12.1 Å². The molecule has 0 bridgehead atoms. The monoisotopic (exact) mass is 367 g/mol. The van der Waals surface area contributed by atoms with Crippen molar-refractivity contribution in [2.75, 3.05) is 18.0 Å². The van der Waals surface area contributed by atoms with Crippen LogP contribution >= 0.6 is 0 Å². The Kier molecular flexibility index (Phi) is 5.86. The van der Waals surface area contributed by atoms with E-state index in [2.05, 4.69) is 10.3 Å². The number of anilines is 1. The number of hydrogen-bond donors (Lipinski definition) is 2. The zero-order chi connectivity index (χ0) is 19.2. The summed E-state index contributed by atoms with van der Waals surface area (Å²) >= 11 is 0. The maximum absolute atomic E-state index is 13.4. The van der Waals surface area contributed by atoms with Gasteiger partial charge in [0.1, 0.15) is 5.82 Å². The highest BCUT2D eigenvalue weighted by molar-refractivity contribution is 5.92. The lowest BCUT2D eigenvalue weighted by molar-refractivity contribution is -0.121. The molecule has 1 heterocycles. The van der Waals surface area contributed by atoms with Gasteiger partial charge in [0, 0.05) is 49.2 Å². The summed E-state index contributed by atoms with van der Waals surface area (Å²) in [7, 11) is 0. The largest absolute Gasteiger partial charge is 0.361 e. The van der Waals surface area contributed by atoms with Crippen LogP contribution in [0, 0.1) is 5.82 Å². The van der Waals surface area contributed by atoms with Crippen LogP contribution in [-0.2, 0) is 16.0 Å². The molecule has 140 valence electrons. The fourth-order valence-corrected chi connectivity index (χ4v) is 3.09. The number of halogens is 1. The number of rotatable bonds is 7. The Balaban J connectivity index is 1.50. The van der Waals surface area contributed by atoms with Crippen molar-refractivity contribution < 1.29 is 14.0 Å². The van der Waals surface area contributed by atoms with Crippen molar-refractivity contribution in [3.63, 3.8) is 0 Å². The van der Waals surface area contributed by atoms with E-state index in [1.807, 2.05) is 30.5 Å². The molecule has 0 saturated carbocycles. The van der Waals surface area contributed by atoms with Crippen molar-refractivity contribution in [1.82, 2.24) is 10.3 Å². The second-order valence-electron chi connectivity index (χ2n) is 6.36. The molecule has 2 aromatic carbocycles. The van der Waals surface area contributed by atoms with Crippen molar-refractivity contribution in [2.45, 2.75) is 19.8 Å². The molecule has 0 aliphatic rings. The molecule has 1 aromatic heterocycles. The van der Waals surface area contributed by atoms with Crippen LogP contribution < -0.4 is 10.2 Å². The van der Waals surface area contributed by atoms with Gasteiger partial charge >= 0.3 is 0 Å². The van der Waals surface area contributed by atoms with Crippen LogP contribution in [0.1, 0.15) is 18.9 Å². The van der Waals surface area contributed by atoms with E-state index in [-0.39, 0.29) is 24.8 Å². The molecular formula is C21H22FN3O2. The van der Waals surface area contributed by atoms with Gasteiger partial charge in [-0.2, -0.15) is 0 Å². The number of nitrogens with one attached hydrogen (secondary N) is 2. The van der Waals surface area contributed by atoms with Gasteiger partial charge in [-0.1, -0.05) is 24.3 Å². The number of H-pyrrole nitrogens is 1. The molecule has 0 saturated heterocycles. The normalized spacial score (nSPS) is 10.7. The number of amides is 2. The Morgan fingerprint density at radius 1 is 1.15 bits per heavy atom. The Morgan fingerprint density at radius 3 is 2.74 bits per heavy atom. The summed E-state index contributed by atoms with van der Waals surface area (Å²) in [6.45, 7) is 2.12. The van der Waals surface area contributed by atoms with Gasteiger partial charge in [-0.25, -0.2) is 4.39 Å². The molecule has 3 rings (SSSR count). The van der Waals surface area contributed by atoms with Crippen LogP contribution in [-0.4, -0.2) is 29.9 Å². The molecule has 0 aliphatic carbocycles. The number of fused-ring (bicyclic) bond motifs is 1. The van der Waals surface area contributed by atoms with Gasteiger partial charge in [-0.15, -0.1) is 0 Å². The second kappa shape index (κ2) is 8.49. The second-order valence-corrected chi connectivity index (χ2v) is 6.36. The van der Waals surface area contributed by atoms with Gasteiger partial charge in [0.25, 0.3) is 0 Å². The lowest BCUT2D eigenvalue weighted by atomic mass is 10.1. The summed E-state index contributed by atoms with van der Waals surface area (Å²) in [5.74, 6) is -0.786. The van der Waals surface area contributed by atoms with Crippen molar-refractivity contribution in [3.05, 3.63) is 66.1 Å². The fraction of sp³-hybridized carbons (Fsp3) is 0.238. The Labute approximate surface area is 157 Å². The minimum absolute atomic E-state index is 0.141. The standard InChI is InChI=1S/C21H22FN3O2/c1-15(26)25(18-6-4-5-17(22)13-18)12-10-21(27)23-11-9-16-14-24-20-8-3-2-7-19(16)20/h2-8,13-14,24H,9-12H2,1H3,(H,23,27). The first kappa shape index (κ1) is 18.6. The third-order valence-corrected chi connectivity index (χ3v) is 4.45. The van der Waals surface area contributed by atoms with Gasteiger partial charge < -0.3 is 15.2 Å². The molecule has 27 heavy (non-hydrogen) atoms. The third-order valence-electron chi connectivity index (χ3n) is 4.45. The van der Waals surface area contributed by atoms with Crippen molar-refractivity contribution >= 4 is 28.4 Å². The van der Waals surface area contributed by atoms with E-state index in [0.717, 1.165) is 22.9 Å². The van der Waals surface area contributed by atoms with Crippen LogP contribution in [0.5, 0.6) is 0 Å². The van der Waals surface area contributed by atoms with Crippen LogP contribution in [0.3, 0.4) is 0 Å². The number of benzene rings is 2. The summed E-state index contributed by atoms with van der Waals surface area (Å²) in [4.78, 5) is 28.6. The highest BCUT2D eigenvalue weighted by Gasteiger charge is 2.14. The van der Waals surface area contributed by atoms with E-state index in [0.29, 0.717) is 12.2 Å². The lowest BCUT2D eigenvalue weighted by Gasteiger charge is -2.21. The molecule has 5 nitrogen and oxygen atoms in total. The van der Waals surface area contributed by atoms with Crippen LogP contribution in [0.4, 0.5) is 10.1 Å². The van der Waals surface area contributed by atoms with Crippen LogP contribution in [0.2, 0.25) is 0 Å². The van der Waals surface area contributed by atoms with E-state index >= 15 is 0 Å². The molecule has 0 atom stereocenters. The summed E-state index contributed by atoms with van der Waals surface area (Å²) in [6, 6.07) is 13.8. The number of carbonyl (C=O) groups is 2. The van der Waals surface area contributed by atoms with Crippen molar-refractivity contribution in [3.8, 4) is 0 Å². The molecule has 3 aromatic rings. The van der Waals surface area contributed by atoms with Crippen molar-refractivity contribution in [1.29, 1.82) is 0 Å². The molecule has 0 radical (unpaired) electrons. The number of aromatic amines is 1. The fourth-order valence-electron chi connectivity index (χ4n) is 3.09. The molecular weight excluding hydrogens is 345 g/mol. The zero-order valence-corrected chi connectivity index (χ0v) is 15.2. The highest BCUT2D eigenvalue weighted by atomic mass is 19.1. The average molecular weight is 367 g/mol. The molecule has 0 spiro atoms. The van der Waals surface area contributed by atoms with Gasteiger partial charge in [0.2, 0.25) is 11.8 Å². The molecule has 0 fully saturated rings. The van der Waals surface area contributed by atoms with Crippen molar-refractivity contribution in [2.24, 2.45) is 0 Å². The first-order valence-electron chi connectivity index (χ1n) is 8.90. The lowest BCUT2D eigenvalue weighted by Crippen LogP contribution is -2.34. The first-order chi connectivity index (χ1) is 13.0. The number of para-hydroxylation sites is 1. The molecule has 0 unspecified atom stereocenters. The first-order valence-corrected chi connectivity index (χ1v) is 8.90. The summed E-state index contributed by atoms with van der Waals surface area (Å²) in [5.41, 5.74) is 2.68. The maximum Gasteiger partial charge on any atom is 0.223 e. The minimum atomic E-state index is -0.415. The van der Waals surface area contributed by atoms with Gasteiger partial charge in [-0.3, -0.25) is 9.59 Å². The van der Waals surface area contributed by atoms with Crippen LogP contribution in [0.25, 0.3) is 10.9 Å². The number of nitrogens with zero attached hydrogens (tertiary/aromatic N) is 1. The van der Waals surface area contributed by atoms with E-state index in [4.69, 9.17) is 0 Å². The smallest absolute Gasteiger partial charge is 0.223 e. The highest BCUT2D eigenvalue weighted by Crippen LogP contribution is 2.18. The number of hydrogen-bond acceptors (Lipinski definition) is 2. The Bertz CT molecular complexity index is 951. The summed E-state index contributed by atoms with van der Waals surface area (Å²) < 4.78 is 13.4. The van der Waals surface area contributed by atoms with Gasteiger partial charge in [0.15, 0.2) is 0 Å². The number of aromatic nitrogens is 1. The number of carbonyl (C=O) groups excluding carboxylic acids is 2. The van der Waals surface area contributed by atoms with E-state index in [9.17, 15) is 14.0 Å². The van der Waals surface area contributed by atoms with Gasteiger partial charge in [0.05, 0.1) is 0 Å². The topological polar surface area (TPSA) is 65.2 Å². The third kappa shape index (κ3) is 4.73. The predicted octanol–water partition coefficient (Wildman–Crippen LogP) is 3.41. The van der Waals surface area contributed by atoms with E-state index < -0.39 is 5.82 Å². The van der Waals surface area contributed by atoms with Gasteiger partial charge in [-0.05, 0) is 36.2 Å². The van der Waals surface area contributed by atoms with E-state index in [1.165, 1.54) is 24.0 Å². The quantitative estimate of drug-likeness (QED) is 0.672. The minimum Gasteiger partial charge on any atom is -0.361 e. The Morgan fingerprint density at radius 2 is 1.96 bits per heavy atom. The zero-order valence-electron chi connectivity index (χ0n) is 15.2. The molecule has 2 amide bonds. The molecule has 2 N–H and O–H groups in total. The SMILES string of the molecule is CC(=O)N(CCC(=O)NCCc1c[nH]c2ccccc12)c1cccc(F)c1. The summed E-state index contributed by atoms with van der Waals surface area (Å²) in [6.07, 6.45) is 2.83. The average Bonchev–Trinajstić information content (AvgIpc) is 3.05. The Hall–Kier alpha value is -3.15. The summed E-state index contributed by atoms with van der Waals surface area (Å²) in [5, 5.41) is 4.03.